The van der Waals surface area contributed by atoms with E-state index in [-0.39, 0.29) is 0 Å². The third-order valence-corrected chi connectivity index (χ3v) is 4.50. The second kappa shape index (κ2) is 7.77. The van der Waals surface area contributed by atoms with Crippen molar-refractivity contribution in [1.29, 1.82) is 0 Å². The summed E-state index contributed by atoms with van der Waals surface area (Å²) in [6.45, 7) is 5.41. The number of aryl methyl sites for hydroxylation is 2. The molecule has 0 radical (unpaired) electrons. The van der Waals surface area contributed by atoms with E-state index in [4.69, 9.17) is 0 Å². The van der Waals surface area contributed by atoms with Crippen molar-refractivity contribution >= 4 is 15.9 Å². The van der Waals surface area contributed by atoms with Gasteiger partial charge in [0.15, 0.2) is 0 Å². The first-order valence-corrected chi connectivity index (χ1v) is 8.33. The molecule has 0 aliphatic heterocycles. The van der Waals surface area contributed by atoms with Gasteiger partial charge in [-0.1, -0.05) is 46.3 Å². The number of hydrogen-bond donors (Lipinski definition) is 1. The first kappa shape index (κ1) is 16.3. The van der Waals surface area contributed by atoms with Crippen LogP contribution in [0.2, 0.25) is 0 Å². The van der Waals surface area contributed by atoms with E-state index >= 15 is 0 Å². The molecule has 1 nitrogen and oxygen atoms in total. The Morgan fingerprint density at radius 1 is 0.952 bits per heavy atom. The molecule has 0 saturated carbocycles. The fourth-order valence-corrected chi connectivity index (χ4v) is 3.21. The third kappa shape index (κ3) is 4.98. The molecule has 0 aliphatic carbocycles. The van der Waals surface area contributed by atoms with Gasteiger partial charge in [-0.3, -0.25) is 0 Å². The Balaban J connectivity index is 2.09. The smallest absolute Gasteiger partial charge is 0.0177 e. The monoisotopic (exact) mass is 345 g/mol. The molecule has 0 fully saturated rings. The Hall–Kier alpha value is -1.12. The molecule has 2 rings (SSSR count). The Bertz CT molecular complexity index is 592. The van der Waals surface area contributed by atoms with Crippen molar-refractivity contribution in [2.45, 2.75) is 26.7 Å². The molecule has 112 valence electrons. The topological polar surface area (TPSA) is 12.0 Å². The van der Waals surface area contributed by atoms with Crippen molar-refractivity contribution in [3.63, 3.8) is 0 Å². The zero-order valence-electron chi connectivity index (χ0n) is 13.1. The number of benzene rings is 2. The van der Waals surface area contributed by atoms with Crippen LogP contribution in [0.15, 0.2) is 46.9 Å². The Kier molecular flexibility index (Phi) is 6.01. The highest BCUT2D eigenvalue weighted by molar-refractivity contribution is 9.10. The van der Waals surface area contributed by atoms with Crippen LogP contribution in [0, 0.1) is 19.8 Å². The molecule has 1 atom stereocenters. The minimum absolute atomic E-state index is 0.617. The molecular weight excluding hydrogens is 322 g/mol. The van der Waals surface area contributed by atoms with Gasteiger partial charge in [0.05, 0.1) is 0 Å². The van der Waals surface area contributed by atoms with Gasteiger partial charge in [0.2, 0.25) is 0 Å². The van der Waals surface area contributed by atoms with E-state index in [1.807, 2.05) is 7.05 Å². The molecule has 1 N–H and O–H groups in total. The van der Waals surface area contributed by atoms with Gasteiger partial charge < -0.3 is 5.32 Å². The van der Waals surface area contributed by atoms with Crippen LogP contribution in [0.3, 0.4) is 0 Å². The summed E-state index contributed by atoms with van der Waals surface area (Å²) >= 11 is 3.56. The van der Waals surface area contributed by atoms with Crippen LogP contribution in [0.25, 0.3) is 0 Å². The number of rotatable bonds is 6. The van der Waals surface area contributed by atoms with Crippen molar-refractivity contribution in [3.05, 3.63) is 69.2 Å². The van der Waals surface area contributed by atoms with Crippen LogP contribution in [-0.4, -0.2) is 13.6 Å². The van der Waals surface area contributed by atoms with Crippen molar-refractivity contribution in [2.75, 3.05) is 13.6 Å². The van der Waals surface area contributed by atoms with E-state index in [9.17, 15) is 0 Å². The van der Waals surface area contributed by atoms with Gasteiger partial charge in [0.25, 0.3) is 0 Å². The first-order chi connectivity index (χ1) is 10.1. The maximum Gasteiger partial charge on any atom is 0.0177 e. The van der Waals surface area contributed by atoms with Crippen LogP contribution >= 0.6 is 15.9 Å². The molecule has 0 aromatic heterocycles. The molecule has 0 amide bonds. The average molecular weight is 346 g/mol. The van der Waals surface area contributed by atoms with E-state index < -0.39 is 0 Å². The first-order valence-electron chi connectivity index (χ1n) is 7.53. The SMILES string of the molecule is CNCC(Cc1cccc(Br)c1)Cc1ccc(C)c(C)c1. The van der Waals surface area contributed by atoms with Crippen molar-refractivity contribution < 1.29 is 0 Å². The fraction of sp³-hybridized carbons (Fsp3) is 0.368. The number of nitrogens with one attached hydrogen (secondary N) is 1. The summed E-state index contributed by atoms with van der Waals surface area (Å²) in [5.74, 6) is 0.617. The third-order valence-electron chi connectivity index (χ3n) is 4.00. The summed E-state index contributed by atoms with van der Waals surface area (Å²) in [4.78, 5) is 0. The van der Waals surface area contributed by atoms with Gasteiger partial charge in [-0.15, -0.1) is 0 Å². The summed E-state index contributed by atoms with van der Waals surface area (Å²) in [6.07, 6.45) is 2.22. The van der Waals surface area contributed by atoms with Crippen molar-refractivity contribution in [2.24, 2.45) is 5.92 Å². The highest BCUT2D eigenvalue weighted by Crippen LogP contribution is 2.19. The van der Waals surface area contributed by atoms with Crippen LogP contribution in [-0.2, 0) is 12.8 Å². The zero-order chi connectivity index (χ0) is 15.2. The Labute approximate surface area is 136 Å². The van der Waals surface area contributed by atoms with Crippen LogP contribution in [0.5, 0.6) is 0 Å². The van der Waals surface area contributed by atoms with Crippen molar-refractivity contribution in [1.82, 2.24) is 5.32 Å². The molecule has 0 spiro atoms. The number of halogens is 1. The van der Waals surface area contributed by atoms with Crippen LogP contribution < -0.4 is 5.32 Å². The molecular formula is C19H24BrN. The minimum Gasteiger partial charge on any atom is -0.319 e. The lowest BCUT2D eigenvalue weighted by Crippen LogP contribution is -2.22. The van der Waals surface area contributed by atoms with E-state index in [2.05, 4.69) is 77.6 Å². The second-order valence-electron chi connectivity index (χ2n) is 5.88. The maximum atomic E-state index is 3.56. The summed E-state index contributed by atoms with van der Waals surface area (Å²) in [6, 6.07) is 15.5. The minimum atomic E-state index is 0.617. The van der Waals surface area contributed by atoms with E-state index in [0.717, 1.165) is 23.9 Å². The quantitative estimate of drug-likeness (QED) is 0.800. The van der Waals surface area contributed by atoms with Gasteiger partial charge in [-0.2, -0.15) is 0 Å². The van der Waals surface area contributed by atoms with E-state index in [1.54, 1.807) is 0 Å². The normalized spacial score (nSPS) is 12.4. The summed E-state index contributed by atoms with van der Waals surface area (Å²) in [7, 11) is 2.04. The Morgan fingerprint density at radius 3 is 2.29 bits per heavy atom. The highest BCUT2D eigenvalue weighted by atomic mass is 79.9. The Morgan fingerprint density at radius 2 is 1.67 bits per heavy atom. The summed E-state index contributed by atoms with van der Waals surface area (Å²) in [5, 5.41) is 3.34. The maximum absolute atomic E-state index is 3.56. The lowest BCUT2D eigenvalue weighted by molar-refractivity contribution is 0.493. The van der Waals surface area contributed by atoms with Crippen LogP contribution in [0.1, 0.15) is 22.3 Å². The van der Waals surface area contributed by atoms with Gasteiger partial charge >= 0.3 is 0 Å². The molecule has 1 unspecified atom stereocenters. The van der Waals surface area contributed by atoms with Gasteiger partial charge in [0.1, 0.15) is 0 Å². The summed E-state index contributed by atoms with van der Waals surface area (Å²) < 4.78 is 1.16. The molecule has 0 heterocycles. The fourth-order valence-electron chi connectivity index (χ4n) is 2.77. The van der Waals surface area contributed by atoms with Gasteiger partial charge in [0, 0.05) is 4.47 Å². The standard InChI is InChI=1S/C19H24BrN/c1-14-7-8-17(9-15(14)2)11-18(13-21-3)10-16-5-4-6-19(20)12-16/h4-9,12,18,21H,10-11,13H2,1-3H3. The predicted molar refractivity (Wildman–Crippen MR) is 94.9 cm³/mol. The molecule has 2 aromatic carbocycles. The lowest BCUT2D eigenvalue weighted by atomic mass is 9.91. The zero-order valence-corrected chi connectivity index (χ0v) is 14.7. The van der Waals surface area contributed by atoms with E-state index in [0.29, 0.717) is 5.92 Å². The molecule has 2 aromatic rings. The molecule has 0 aliphatic rings. The van der Waals surface area contributed by atoms with Crippen molar-refractivity contribution in [3.8, 4) is 0 Å². The molecule has 0 bridgehead atoms. The molecule has 21 heavy (non-hydrogen) atoms. The van der Waals surface area contributed by atoms with E-state index in [1.165, 1.54) is 22.3 Å². The average Bonchev–Trinajstić information content (AvgIpc) is 2.43. The number of hydrogen-bond acceptors (Lipinski definition) is 1. The lowest BCUT2D eigenvalue weighted by Gasteiger charge is -2.18. The van der Waals surface area contributed by atoms with Gasteiger partial charge in [-0.25, -0.2) is 0 Å². The summed E-state index contributed by atoms with van der Waals surface area (Å²) in [5.41, 5.74) is 5.59. The molecule has 2 heteroatoms. The van der Waals surface area contributed by atoms with Gasteiger partial charge in [-0.05, 0) is 80.6 Å². The second-order valence-corrected chi connectivity index (χ2v) is 6.80. The predicted octanol–water partition coefficient (Wildman–Crippen LogP) is 4.69. The largest absolute Gasteiger partial charge is 0.319 e. The molecule has 0 saturated heterocycles. The van der Waals surface area contributed by atoms with Crippen LogP contribution in [0.4, 0.5) is 0 Å². The highest BCUT2D eigenvalue weighted by Gasteiger charge is 2.11.